The van der Waals surface area contributed by atoms with Crippen LogP contribution in [0, 0.1) is 6.92 Å². The summed E-state index contributed by atoms with van der Waals surface area (Å²) in [6.07, 6.45) is -0.515. The van der Waals surface area contributed by atoms with E-state index in [-0.39, 0.29) is 10.6 Å². The number of alkyl carbamates (subject to hydrolysis) is 1. The number of methoxy groups -OCH3 is 2. The zero-order valence-corrected chi connectivity index (χ0v) is 24.3. The average molecular weight is 570 g/mol. The van der Waals surface area contributed by atoms with E-state index in [9.17, 15) is 18.0 Å². The highest BCUT2D eigenvalue weighted by Gasteiger charge is 2.23. The van der Waals surface area contributed by atoms with Crippen LogP contribution in [-0.4, -0.2) is 53.4 Å². The zero-order chi connectivity index (χ0) is 29.5. The molecule has 3 N–H and O–H groups in total. The highest BCUT2D eigenvalue weighted by Crippen LogP contribution is 2.34. The van der Waals surface area contributed by atoms with Gasteiger partial charge in [0, 0.05) is 18.8 Å². The summed E-state index contributed by atoms with van der Waals surface area (Å²) < 4.78 is 45.1. The van der Waals surface area contributed by atoms with Gasteiger partial charge in [-0.3, -0.25) is 4.72 Å². The Balaban J connectivity index is 1.79. The molecule has 1 amide bonds. The van der Waals surface area contributed by atoms with E-state index < -0.39 is 27.7 Å². The number of nitrogens with one attached hydrogen (secondary N) is 3. The molecule has 40 heavy (non-hydrogen) atoms. The molecule has 3 aromatic carbocycles. The van der Waals surface area contributed by atoms with E-state index in [4.69, 9.17) is 14.2 Å². The number of aryl methyl sites for hydroxylation is 1. The molecule has 3 rings (SSSR count). The molecular formula is C29H35N3O7S. The van der Waals surface area contributed by atoms with E-state index in [1.807, 2.05) is 6.92 Å². The van der Waals surface area contributed by atoms with Crippen LogP contribution in [0.3, 0.4) is 0 Å². The summed E-state index contributed by atoms with van der Waals surface area (Å²) >= 11 is 0. The van der Waals surface area contributed by atoms with Gasteiger partial charge in [-0.25, -0.2) is 18.0 Å². The number of rotatable bonds is 10. The summed E-state index contributed by atoms with van der Waals surface area (Å²) in [7, 11) is -1.37. The third-order valence-corrected chi connectivity index (χ3v) is 7.03. The molecule has 0 spiro atoms. The highest BCUT2D eigenvalue weighted by molar-refractivity contribution is 7.92. The molecular weight excluding hydrogens is 534 g/mol. The number of carbonyl (C=O) groups is 2. The Hall–Kier alpha value is -4.25. The van der Waals surface area contributed by atoms with E-state index in [0.29, 0.717) is 41.2 Å². The second-order valence-corrected chi connectivity index (χ2v) is 11.6. The molecule has 0 aromatic heterocycles. The van der Waals surface area contributed by atoms with E-state index in [2.05, 4.69) is 15.4 Å². The van der Waals surface area contributed by atoms with Gasteiger partial charge >= 0.3 is 12.1 Å². The van der Waals surface area contributed by atoms with E-state index in [1.165, 1.54) is 20.3 Å². The first-order valence-corrected chi connectivity index (χ1v) is 14.0. The molecule has 0 saturated heterocycles. The minimum absolute atomic E-state index is 0.0565. The van der Waals surface area contributed by atoms with Gasteiger partial charge in [-0.05, 0) is 86.8 Å². The number of amides is 1. The SMILES string of the molecule is COC(=O)c1cccc(-c2cc(S(=O)(=O)Nc3cccc(NCCNC(=O)OC(C)(C)C)c3)c(OC)cc2C)c1. The number of carbonyl (C=O) groups excluding carboxylic acids is 2. The lowest BCUT2D eigenvalue weighted by atomic mass is 9.98. The minimum atomic E-state index is -4.07. The fourth-order valence-electron chi connectivity index (χ4n) is 3.86. The number of sulfonamides is 1. The van der Waals surface area contributed by atoms with Crippen molar-refractivity contribution in [2.24, 2.45) is 0 Å². The summed E-state index contributed by atoms with van der Waals surface area (Å²) in [5.74, 6) is -0.308. The predicted molar refractivity (Wildman–Crippen MR) is 154 cm³/mol. The molecule has 0 radical (unpaired) electrons. The van der Waals surface area contributed by atoms with Crippen molar-refractivity contribution in [1.82, 2.24) is 5.32 Å². The van der Waals surface area contributed by atoms with Crippen LogP contribution in [0.25, 0.3) is 11.1 Å². The van der Waals surface area contributed by atoms with Crippen molar-refractivity contribution < 1.29 is 32.2 Å². The van der Waals surface area contributed by atoms with Gasteiger partial charge in [-0.15, -0.1) is 0 Å². The van der Waals surface area contributed by atoms with Crippen LogP contribution >= 0.6 is 0 Å². The molecule has 0 aliphatic rings. The molecule has 0 unspecified atom stereocenters. The predicted octanol–water partition coefficient (Wildman–Crippen LogP) is 5.19. The van der Waals surface area contributed by atoms with Gasteiger partial charge in [-0.1, -0.05) is 18.2 Å². The number of esters is 1. The van der Waals surface area contributed by atoms with Gasteiger partial charge in [0.25, 0.3) is 10.0 Å². The largest absolute Gasteiger partial charge is 0.495 e. The average Bonchev–Trinajstić information content (AvgIpc) is 2.89. The number of ether oxygens (including phenoxy) is 3. The topological polar surface area (TPSA) is 132 Å². The molecule has 0 atom stereocenters. The lowest BCUT2D eigenvalue weighted by Crippen LogP contribution is -2.34. The molecule has 0 saturated carbocycles. The molecule has 0 aliphatic carbocycles. The van der Waals surface area contributed by atoms with Crippen LogP contribution in [0.2, 0.25) is 0 Å². The summed E-state index contributed by atoms with van der Waals surface area (Å²) in [5.41, 5.74) is 2.80. The van der Waals surface area contributed by atoms with Gasteiger partial charge in [-0.2, -0.15) is 0 Å². The zero-order valence-electron chi connectivity index (χ0n) is 23.5. The molecule has 214 valence electrons. The monoisotopic (exact) mass is 569 g/mol. The summed E-state index contributed by atoms with van der Waals surface area (Å²) in [6, 6.07) is 16.7. The van der Waals surface area contributed by atoms with Gasteiger partial charge < -0.3 is 24.8 Å². The Labute approximate surface area is 235 Å². The van der Waals surface area contributed by atoms with Crippen molar-refractivity contribution in [3.8, 4) is 16.9 Å². The number of anilines is 2. The molecule has 0 heterocycles. The molecule has 0 bridgehead atoms. The molecule has 11 heteroatoms. The quantitative estimate of drug-likeness (QED) is 0.224. The van der Waals surface area contributed by atoms with Gasteiger partial charge in [0.1, 0.15) is 16.2 Å². The fraction of sp³-hybridized carbons (Fsp3) is 0.310. The van der Waals surface area contributed by atoms with Crippen LogP contribution in [-0.2, 0) is 19.5 Å². The van der Waals surface area contributed by atoms with Crippen LogP contribution in [0.4, 0.5) is 16.2 Å². The first kappa shape index (κ1) is 30.3. The Kier molecular flexibility index (Phi) is 9.65. The van der Waals surface area contributed by atoms with Crippen LogP contribution in [0.5, 0.6) is 5.75 Å². The van der Waals surface area contributed by atoms with Crippen molar-refractivity contribution in [1.29, 1.82) is 0 Å². The third-order valence-electron chi connectivity index (χ3n) is 5.63. The summed E-state index contributed by atoms with van der Waals surface area (Å²) in [5, 5.41) is 5.80. The Bertz CT molecular complexity index is 1480. The maximum atomic E-state index is 13.5. The molecule has 0 aliphatic heterocycles. The fourth-order valence-corrected chi connectivity index (χ4v) is 5.09. The maximum absolute atomic E-state index is 13.5. The van der Waals surface area contributed by atoms with Crippen molar-refractivity contribution in [2.75, 3.05) is 37.3 Å². The van der Waals surface area contributed by atoms with E-state index in [0.717, 1.165) is 5.56 Å². The van der Waals surface area contributed by atoms with Crippen molar-refractivity contribution in [3.63, 3.8) is 0 Å². The highest BCUT2D eigenvalue weighted by atomic mass is 32.2. The third kappa shape index (κ3) is 8.12. The molecule has 10 nitrogen and oxygen atoms in total. The Morgan fingerprint density at radius 2 is 1.60 bits per heavy atom. The van der Waals surface area contributed by atoms with Gasteiger partial charge in [0.2, 0.25) is 0 Å². The second kappa shape index (κ2) is 12.7. The van der Waals surface area contributed by atoms with Crippen molar-refractivity contribution in [2.45, 2.75) is 38.2 Å². The van der Waals surface area contributed by atoms with Gasteiger partial charge in [0.15, 0.2) is 0 Å². The van der Waals surface area contributed by atoms with Crippen LogP contribution in [0.15, 0.2) is 65.6 Å². The first-order valence-electron chi connectivity index (χ1n) is 12.5. The number of hydrogen-bond donors (Lipinski definition) is 3. The smallest absolute Gasteiger partial charge is 0.407 e. The molecule has 3 aromatic rings. The maximum Gasteiger partial charge on any atom is 0.407 e. The standard InChI is InChI=1S/C29H35N3O7S/c1-19-15-25(37-5)26(18-24(19)20-9-7-10-21(16-20)27(33)38-6)40(35,36)32-23-12-8-11-22(17-23)30-13-14-31-28(34)39-29(2,3)4/h7-12,15-18,30,32H,13-14H2,1-6H3,(H,31,34). The Morgan fingerprint density at radius 1 is 0.900 bits per heavy atom. The summed E-state index contributed by atoms with van der Waals surface area (Å²) in [4.78, 5) is 23.8. The number of benzene rings is 3. The molecule has 0 fully saturated rings. The van der Waals surface area contributed by atoms with Gasteiger partial charge in [0.05, 0.1) is 25.5 Å². The van der Waals surface area contributed by atoms with Crippen LogP contribution < -0.4 is 20.1 Å². The lowest BCUT2D eigenvalue weighted by molar-refractivity contribution is 0.0528. The summed E-state index contributed by atoms with van der Waals surface area (Å²) in [6.45, 7) is 7.90. The second-order valence-electron chi connectivity index (χ2n) is 9.93. The normalized spacial score (nSPS) is 11.3. The Morgan fingerprint density at radius 3 is 2.27 bits per heavy atom. The van der Waals surface area contributed by atoms with E-state index in [1.54, 1.807) is 75.4 Å². The minimum Gasteiger partial charge on any atom is -0.495 e. The number of hydrogen-bond acceptors (Lipinski definition) is 8. The van der Waals surface area contributed by atoms with Crippen molar-refractivity contribution in [3.05, 3.63) is 71.8 Å². The lowest BCUT2D eigenvalue weighted by Gasteiger charge is -2.19. The first-order chi connectivity index (χ1) is 18.8. The van der Waals surface area contributed by atoms with Crippen LogP contribution in [0.1, 0.15) is 36.7 Å². The van der Waals surface area contributed by atoms with Crippen molar-refractivity contribution >= 4 is 33.5 Å². The van der Waals surface area contributed by atoms with E-state index >= 15 is 0 Å².